The molecule has 0 aliphatic carbocycles. The third-order valence-corrected chi connectivity index (χ3v) is 1.70. The van der Waals surface area contributed by atoms with Gasteiger partial charge in [0.1, 0.15) is 0 Å². The van der Waals surface area contributed by atoms with Crippen molar-refractivity contribution in [2.24, 2.45) is 0 Å². The van der Waals surface area contributed by atoms with Crippen LogP contribution < -0.4 is 9.62 Å². The molecule has 0 saturated carbocycles. The number of para-hydroxylation sites is 1. The summed E-state index contributed by atoms with van der Waals surface area (Å²) in [7, 11) is 0. The first-order chi connectivity index (χ1) is 5.92. The number of fused-ring (bicyclic) bond motifs is 1. The van der Waals surface area contributed by atoms with Crippen molar-refractivity contribution in [1.29, 1.82) is 0 Å². The first-order valence-electron chi connectivity index (χ1n) is 3.55. The van der Waals surface area contributed by atoms with Crippen LogP contribution in [0.25, 0.3) is 0 Å². The van der Waals surface area contributed by atoms with Crippen LogP contribution in [-0.4, -0.2) is 12.1 Å². The van der Waals surface area contributed by atoms with E-state index >= 15 is 0 Å². The molecule has 0 saturated heterocycles. The molecule has 4 heteroatoms. The fraction of sp³-hybridized carbons (Fsp3) is 0.250. The predicted octanol–water partition coefficient (Wildman–Crippen LogP) is 1.40. The maximum Gasteiger partial charge on any atom is 0.207 e. The maximum atomic E-state index is 8.47. The van der Waals surface area contributed by atoms with Crippen molar-refractivity contribution >= 4 is 0 Å². The van der Waals surface area contributed by atoms with Gasteiger partial charge in [-0.15, -0.1) is 0 Å². The van der Waals surface area contributed by atoms with Gasteiger partial charge in [0.2, 0.25) is 5.75 Å². The molecule has 0 unspecified atom stereocenters. The van der Waals surface area contributed by atoms with E-state index in [2.05, 4.69) is 4.89 Å². The van der Waals surface area contributed by atoms with Crippen molar-refractivity contribution in [2.45, 2.75) is 6.61 Å². The van der Waals surface area contributed by atoms with E-state index in [1.807, 2.05) is 6.07 Å². The molecule has 1 N–H and O–H groups in total. The number of ether oxygens (including phenoxy) is 2. The molecule has 64 valence electrons. The Morgan fingerprint density at radius 2 is 2.33 bits per heavy atom. The molecule has 0 spiro atoms. The van der Waals surface area contributed by atoms with Crippen LogP contribution in [0.1, 0.15) is 5.56 Å². The Labute approximate surface area is 69.2 Å². The van der Waals surface area contributed by atoms with E-state index in [1.165, 1.54) is 0 Å². The summed E-state index contributed by atoms with van der Waals surface area (Å²) in [5.74, 6) is 0.891. The minimum absolute atomic E-state index is 0.202. The zero-order chi connectivity index (χ0) is 8.39. The summed E-state index contributed by atoms with van der Waals surface area (Å²) in [5, 5.41) is 8.47. The van der Waals surface area contributed by atoms with Crippen LogP contribution in [0.4, 0.5) is 0 Å². The van der Waals surface area contributed by atoms with Gasteiger partial charge in [0.05, 0.1) is 6.61 Å². The van der Waals surface area contributed by atoms with Crippen LogP contribution in [-0.2, 0) is 11.3 Å². The van der Waals surface area contributed by atoms with Gasteiger partial charge in [-0.05, 0) is 6.07 Å². The zero-order valence-electron chi connectivity index (χ0n) is 6.32. The fourth-order valence-electron chi connectivity index (χ4n) is 1.16. The van der Waals surface area contributed by atoms with E-state index in [1.54, 1.807) is 12.1 Å². The highest BCUT2D eigenvalue weighted by molar-refractivity contribution is 5.46. The van der Waals surface area contributed by atoms with Gasteiger partial charge < -0.3 is 14.4 Å². The summed E-state index contributed by atoms with van der Waals surface area (Å²) in [6.45, 7) is 0.694. The Morgan fingerprint density at radius 1 is 1.42 bits per heavy atom. The quantitative estimate of drug-likeness (QED) is 0.508. The molecule has 1 aliphatic rings. The highest BCUT2D eigenvalue weighted by Crippen LogP contribution is 2.33. The molecule has 1 aliphatic heterocycles. The molecule has 0 atom stereocenters. The Balaban J connectivity index is 2.44. The van der Waals surface area contributed by atoms with E-state index in [9.17, 15) is 0 Å². The fourth-order valence-corrected chi connectivity index (χ4v) is 1.16. The van der Waals surface area contributed by atoms with Crippen LogP contribution >= 0.6 is 0 Å². The number of rotatable bonds is 1. The molecule has 0 radical (unpaired) electrons. The molecule has 0 bridgehead atoms. The number of hydrogen-bond donors (Lipinski definition) is 1. The van der Waals surface area contributed by atoms with Crippen LogP contribution in [0.15, 0.2) is 18.2 Å². The summed E-state index contributed by atoms with van der Waals surface area (Å²) in [6.07, 6.45) is 0. The van der Waals surface area contributed by atoms with E-state index < -0.39 is 0 Å². The summed E-state index contributed by atoms with van der Waals surface area (Å²) in [6, 6.07) is 5.25. The molecule has 12 heavy (non-hydrogen) atoms. The van der Waals surface area contributed by atoms with Crippen molar-refractivity contribution in [3.05, 3.63) is 23.8 Å². The standard InChI is InChI=1S/C8H8O4/c9-12-7-3-1-2-6-4-10-5-11-8(6)7/h1-3,9H,4-5H2. The maximum absolute atomic E-state index is 8.47. The van der Waals surface area contributed by atoms with Gasteiger partial charge in [0.15, 0.2) is 12.5 Å². The molecule has 2 rings (SSSR count). The van der Waals surface area contributed by atoms with E-state index in [-0.39, 0.29) is 6.79 Å². The minimum Gasteiger partial charge on any atom is -0.463 e. The van der Waals surface area contributed by atoms with Crippen molar-refractivity contribution in [2.75, 3.05) is 6.79 Å². The molecule has 0 fully saturated rings. The van der Waals surface area contributed by atoms with Crippen LogP contribution in [0.3, 0.4) is 0 Å². The largest absolute Gasteiger partial charge is 0.463 e. The molecule has 1 aromatic carbocycles. The summed E-state index contributed by atoms with van der Waals surface area (Å²) < 4.78 is 10.2. The van der Waals surface area contributed by atoms with Gasteiger partial charge in [-0.3, -0.25) is 0 Å². The third kappa shape index (κ3) is 1.11. The molecular formula is C8H8O4. The zero-order valence-corrected chi connectivity index (χ0v) is 6.32. The van der Waals surface area contributed by atoms with E-state index in [4.69, 9.17) is 14.7 Å². The van der Waals surface area contributed by atoms with E-state index in [0.29, 0.717) is 18.1 Å². The molecule has 1 aromatic rings. The van der Waals surface area contributed by atoms with Crippen molar-refractivity contribution < 1.29 is 19.6 Å². The second-order valence-electron chi connectivity index (χ2n) is 2.45. The van der Waals surface area contributed by atoms with Crippen LogP contribution in [0.5, 0.6) is 11.5 Å². The lowest BCUT2D eigenvalue weighted by atomic mass is 10.2. The molecule has 0 amide bonds. The van der Waals surface area contributed by atoms with Gasteiger partial charge in [-0.1, -0.05) is 12.1 Å². The Hall–Kier alpha value is -1.26. The first kappa shape index (κ1) is 7.39. The first-order valence-corrected chi connectivity index (χ1v) is 3.55. The van der Waals surface area contributed by atoms with Crippen molar-refractivity contribution in [3.8, 4) is 11.5 Å². The van der Waals surface area contributed by atoms with Crippen LogP contribution in [0, 0.1) is 0 Å². The Morgan fingerprint density at radius 3 is 3.17 bits per heavy atom. The summed E-state index contributed by atoms with van der Waals surface area (Å²) >= 11 is 0. The highest BCUT2D eigenvalue weighted by atomic mass is 17.1. The third-order valence-electron chi connectivity index (χ3n) is 1.70. The monoisotopic (exact) mass is 168 g/mol. The number of hydrogen-bond acceptors (Lipinski definition) is 4. The van der Waals surface area contributed by atoms with Gasteiger partial charge in [0.25, 0.3) is 0 Å². The predicted molar refractivity (Wildman–Crippen MR) is 40.0 cm³/mol. The summed E-state index contributed by atoms with van der Waals surface area (Å²) in [4.78, 5) is 4.13. The van der Waals surface area contributed by atoms with Crippen LogP contribution in [0.2, 0.25) is 0 Å². The Kier molecular flexibility index (Phi) is 1.85. The smallest absolute Gasteiger partial charge is 0.207 e. The van der Waals surface area contributed by atoms with E-state index in [0.717, 1.165) is 5.56 Å². The van der Waals surface area contributed by atoms with Gasteiger partial charge >= 0.3 is 0 Å². The van der Waals surface area contributed by atoms with Gasteiger partial charge in [-0.25, -0.2) is 5.26 Å². The average molecular weight is 168 g/mol. The normalized spacial score (nSPS) is 14.8. The Bertz CT molecular complexity index is 270. The van der Waals surface area contributed by atoms with Crippen molar-refractivity contribution in [1.82, 2.24) is 0 Å². The second-order valence-corrected chi connectivity index (χ2v) is 2.45. The second kappa shape index (κ2) is 3.00. The molecule has 4 nitrogen and oxygen atoms in total. The number of benzene rings is 1. The topological polar surface area (TPSA) is 47.9 Å². The highest BCUT2D eigenvalue weighted by Gasteiger charge is 2.15. The minimum atomic E-state index is 0.202. The summed E-state index contributed by atoms with van der Waals surface area (Å²) in [5.41, 5.74) is 0.882. The van der Waals surface area contributed by atoms with Gasteiger partial charge in [0, 0.05) is 5.56 Å². The lowest BCUT2D eigenvalue weighted by Crippen LogP contribution is -2.11. The lowest BCUT2D eigenvalue weighted by Gasteiger charge is -2.18. The molecular weight excluding hydrogens is 160 g/mol. The lowest BCUT2D eigenvalue weighted by molar-refractivity contribution is -0.141. The SMILES string of the molecule is OOc1cccc2c1OCOC2. The molecule has 0 aromatic heterocycles. The average Bonchev–Trinajstić information content (AvgIpc) is 2.17. The van der Waals surface area contributed by atoms with Gasteiger partial charge in [-0.2, -0.15) is 0 Å². The molecule has 1 heterocycles. The van der Waals surface area contributed by atoms with Crippen molar-refractivity contribution in [3.63, 3.8) is 0 Å².